The van der Waals surface area contributed by atoms with E-state index in [1.54, 1.807) is 6.92 Å². The molecular formula is C13H26N2O3. The van der Waals surface area contributed by atoms with Crippen LogP contribution in [0.15, 0.2) is 0 Å². The van der Waals surface area contributed by atoms with Crippen molar-refractivity contribution in [2.45, 2.75) is 44.8 Å². The quantitative estimate of drug-likeness (QED) is 0.683. The molecule has 2 N–H and O–H groups in total. The maximum Gasteiger partial charge on any atom is 0.322 e. The number of carbonyl (C=O) groups excluding carboxylic acids is 1. The molecule has 5 heteroatoms. The van der Waals surface area contributed by atoms with Crippen LogP contribution in [0, 0.1) is 0 Å². The second-order valence-electron chi connectivity index (χ2n) is 4.90. The number of ether oxygens (including phenoxy) is 2. The third-order valence-corrected chi connectivity index (χ3v) is 3.20. The van der Waals surface area contributed by atoms with Crippen LogP contribution in [-0.4, -0.2) is 56.4 Å². The Morgan fingerprint density at radius 3 is 2.94 bits per heavy atom. The Kier molecular flexibility index (Phi) is 7.23. The molecule has 0 amide bonds. The van der Waals surface area contributed by atoms with Crippen molar-refractivity contribution in [3.05, 3.63) is 0 Å². The molecule has 0 bridgehead atoms. The van der Waals surface area contributed by atoms with Gasteiger partial charge in [-0.15, -0.1) is 0 Å². The van der Waals surface area contributed by atoms with E-state index >= 15 is 0 Å². The first kappa shape index (κ1) is 15.4. The SMILES string of the molecule is CCOC(=O)C(N)CCN(C)CC1CCCCO1. The summed E-state index contributed by atoms with van der Waals surface area (Å²) in [6, 6.07) is -0.514. The van der Waals surface area contributed by atoms with Crippen LogP contribution in [0.25, 0.3) is 0 Å². The van der Waals surface area contributed by atoms with Gasteiger partial charge in [-0.05, 0) is 46.2 Å². The molecule has 18 heavy (non-hydrogen) atoms. The number of hydrogen-bond donors (Lipinski definition) is 1. The van der Waals surface area contributed by atoms with Gasteiger partial charge in [0.15, 0.2) is 0 Å². The van der Waals surface area contributed by atoms with Crippen molar-refractivity contribution < 1.29 is 14.3 Å². The van der Waals surface area contributed by atoms with Gasteiger partial charge in [0, 0.05) is 13.2 Å². The first-order valence-electron chi connectivity index (χ1n) is 6.85. The standard InChI is InChI=1S/C13H26N2O3/c1-3-17-13(16)12(14)7-8-15(2)10-11-6-4-5-9-18-11/h11-12H,3-10,14H2,1-2H3. The van der Waals surface area contributed by atoms with Crippen molar-refractivity contribution in [2.75, 3.05) is 33.4 Å². The molecule has 0 saturated carbocycles. The number of nitrogens with zero attached hydrogens (tertiary/aromatic N) is 1. The fourth-order valence-corrected chi connectivity index (χ4v) is 2.12. The smallest absolute Gasteiger partial charge is 0.322 e. The minimum absolute atomic E-state index is 0.306. The summed E-state index contributed by atoms with van der Waals surface area (Å²) >= 11 is 0. The summed E-state index contributed by atoms with van der Waals surface area (Å²) in [6.07, 6.45) is 4.52. The second kappa shape index (κ2) is 8.45. The van der Waals surface area contributed by atoms with Crippen molar-refractivity contribution in [1.82, 2.24) is 4.90 Å². The highest BCUT2D eigenvalue weighted by Crippen LogP contribution is 2.13. The lowest BCUT2D eigenvalue weighted by molar-refractivity contribution is -0.144. The Labute approximate surface area is 110 Å². The molecule has 5 nitrogen and oxygen atoms in total. The second-order valence-corrected chi connectivity index (χ2v) is 4.90. The molecule has 2 unspecified atom stereocenters. The zero-order chi connectivity index (χ0) is 13.4. The molecule has 0 radical (unpaired) electrons. The van der Waals surface area contributed by atoms with E-state index in [4.69, 9.17) is 15.2 Å². The molecule has 2 atom stereocenters. The van der Waals surface area contributed by atoms with E-state index in [1.165, 1.54) is 12.8 Å². The highest BCUT2D eigenvalue weighted by atomic mass is 16.5. The fourth-order valence-electron chi connectivity index (χ4n) is 2.12. The Morgan fingerprint density at radius 1 is 1.56 bits per heavy atom. The summed E-state index contributed by atoms with van der Waals surface area (Å²) in [7, 11) is 2.04. The summed E-state index contributed by atoms with van der Waals surface area (Å²) in [5.74, 6) is -0.306. The third kappa shape index (κ3) is 5.80. The van der Waals surface area contributed by atoms with Gasteiger partial charge in [-0.2, -0.15) is 0 Å². The van der Waals surface area contributed by atoms with E-state index in [1.807, 2.05) is 7.05 Å². The van der Waals surface area contributed by atoms with E-state index in [-0.39, 0.29) is 5.97 Å². The molecule has 1 aliphatic heterocycles. The zero-order valence-electron chi connectivity index (χ0n) is 11.6. The normalized spacial score (nSPS) is 21.9. The molecule has 1 heterocycles. The first-order chi connectivity index (χ1) is 8.63. The summed E-state index contributed by atoms with van der Waals surface area (Å²) in [4.78, 5) is 13.5. The largest absolute Gasteiger partial charge is 0.465 e. The van der Waals surface area contributed by atoms with Crippen molar-refractivity contribution >= 4 is 5.97 Å². The van der Waals surface area contributed by atoms with Crippen LogP contribution in [0.4, 0.5) is 0 Å². The molecule has 0 aliphatic carbocycles. The van der Waals surface area contributed by atoms with E-state index in [0.29, 0.717) is 19.1 Å². The number of likely N-dealkylation sites (N-methyl/N-ethyl adjacent to an activating group) is 1. The van der Waals surface area contributed by atoms with Gasteiger partial charge in [0.05, 0.1) is 12.7 Å². The van der Waals surface area contributed by atoms with Crippen LogP contribution >= 0.6 is 0 Å². The molecule has 1 aliphatic rings. The molecule has 0 aromatic rings. The number of nitrogens with two attached hydrogens (primary N) is 1. The topological polar surface area (TPSA) is 64.8 Å². The molecule has 1 saturated heterocycles. The fraction of sp³-hybridized carbons (Fsp3) is 0.923. The summed E-state index contributed by atoms with van der Waals surface area (Å²) in [6.45, 7) is 4.76. The summed E-state index contributed by atoms with van der Waals surface area (Å²) < 4.78 is 10.6. The highest BCUT2D eigenvalue weighted by molar-refractivity contribution is 5.75. The molecule has 1 fully saturated rings. The lowest BCUT2D eigenvalue weighted by Crippen LogP contribution is -2.38. The Balaban J connectivity index is 2.15. The number of rotatable bonds is 7. The Morgan fingerprint density at radius 2 is 2.33 bits per heavy atom. The monoisotopic (exact) mass is 258 g/mol. The maximum atomic E-state index is 11.4. The van der Waals surface area contributed by atoms with Crippen LogP contribution in [0.5, 0.6) is 0 Å². The van der Waals surface area contributed by atoms with E-state index in [2.05, 4.69) is 4.90 Å². The molecule has 0 spiro atoms. The van der Waals surface area contributed by atoms with Gasteiger partial charge < -0.3 is 20.1 Å². The van der Waals surface area contributed by atoms with Gasteiger partial charge >= 0.3 is 5.97 Å². The minimum atomic E-state index is -0.514. The number of hydrogen-bond acceptors (Lipinski definition) is 5. The van der Waals surface area contributed by atoms with Crippen LogP contribution in [0.3, 0.4) is 0 Å². The van der Waals surface area contributed by atoms with Gasteiger partial charge in [-0.1, -0.05) is 0 Å². The molecular weight excluding hydrogens is 232 g/mol. The van der Waals surface area contributed by atoms with E-state index < -0.39 is 6.04 Å². The van der Waals surface area contributed by atoms with Crippen LogP contribution in [0.2, 0.25) is 0 Å². The lowest BCUT2D eigenvalue weighted by Gasteiger charge is -2.27. The van der Waals surface area contributed by atoms with Gasteiger partial charge in [-0.25, -0.2) is 0 Å². The van der Waals surface area contributed by atoms with Crippen LogP contribution in [0.1, 0.15) is 32.6 Å². The average molecular weight is 258 g/mol. The van der Waals surface area contributed by atoms with Gasteiger partial charge in [-0.3, -0.25) is 4.79 Å². The van der Waals surface area contributed by atoms with Crippen LogP contribution in [-0.2, 0) is 14.3 Å². The average Bonchev–Trinajstić information content (AvgIpc) is 2.37. The highest BCUT2D eigenvalue weighted by Gasteiger charge is 2.18. The van der Waals surface area contributed by atoms with Crippen molar-refractivity contribution in [3.63, 3.8) is 0 Å². The summed E-state index contributed by atoms with van der Waals surface area (Å²) in [5, 5.41) is 0. The van der Waals surface area contributed by atoms with Crippen molar-refractivity contribution in [2.24, 2.45) is 5.73 Å². The molecule has 1 rings (SSSR count). The minimum Gasteiger partial charge on any atom is -0.465 e. The van der Waals surface area contributed by atoms with Crippen molar-refractivity contribution in [3.8, 4) is 0 Å². The van der Waals surface area contributed by atoms with Crippen LogP contribution < -0.4 is 5.73 Å². The third-order valence-electron chi connectivity index (χ3n) is 3.20. The molecule has 0 aromatic carbocycles. The number of esters is 1. The maximum absolute atomic E-state index is 11.4. The van der Waals surface area contributed by atoms with E-state index in [0.717, 1.165) is 26.1 Å². The predicted octanol–water partition coefficient (Wildman–Crippen LogP) is 0.768. The van der Waals surface area contributed by atoms with E-state index in [9.17, 15) is 4.79 Å². The van der Waals surface area contributed by atoms with Gasteiger partial charge in [0.25, 0.3) is 0 Å². The first-order valence-corrected chi connectivity index (χ1v) is 6.85. The summed E-state index contributed by atoms with van der Waals surface area (Å²) in [5.41, 5.74) is 5.75. The molecule has 0 aromatic heterocycles. The van der Waals surface area contributed by atoms with Crippen molar-refractivity contribution in [1.29, 1.82) is 0 Å². The lowest BCUT2D eigenvalue weighted by atomic mass is 10.1. The number of carbonyl (C=O) groups is 1. The predicted molar refractivity (Wildman–Crippen MR) is 70.3 cm³/mol. The van der Waals surface area contributed by atoms with Gasteiger partial charge in [0.1, 0.15) is 6.04 Å². The van der Waals surface area contributed by atoms with Gasteiger partial charge in [0.2, 0.25) is 0 Å². The Hall–Kier alpha value is -0.650. The molecule has 106 valence electrons. The Bertz CT molecular complexity index is 242. The zero-order valence-corrected chi connectivity index (χ0v) is 11.6.